The standard InChI is InChI=1S/C15H22N4O.2C2HF3O2/c1-4-8-19-10-9-18(12-14(20)17(2)3)11-13-6-5-7-16-15(13)19;2*3-2(4,5)1(6)7/h4-7H,1,8-12H2,2-3H3;2*(H,6,7). The Labute approximate surface area is 190 Å². The number of carbonyl (C=O) groups is 3. The molecule has 2 rings (SSSR count). The number of rotatable bonds is 4. The Kier molecular flexibility index (Phi) is 12.1. The first-order chi connectivity index (χ1) is 15.5. The molecule has 34 heavy (non-hydrogen) atoms. The minimum atomic E-state index is -5.08. The molecule has 15 heteroatoms. The second-order valence-electron chi connectivity index (χ2n) is 6.83. The molecular weight excluding hydrogens is 478 g/mol. The van der Waals surface area contributed by atoms with Crippen LogP contribution in [-0.4, -0.2) is 95.5 Å². The third kappa shape index (κ3) is 11.5. The van der Waals surface area contributed by atoms with Crippen LogP contribution in [0.4, 0.5) is 32.2 Å². The first kappa shape index (κ1) is 30.6. The number of amides is 1. The summed E-state index contributed by atoms with van der Waals surface area (Å²) >= 11 is 0. The number of hydrogen-bond acceptors (Lipinski definition) is 6. The Hall–Kier alpha value is -3.36. The van der Waals surface area contributed by atoms with Crippen LogP contribution in [0.3, 0.4) is 0 Å². The topological polar surface area (TPSA) is 114 Å². The summed E-state index contributed by atoms with van der Waals surface area (Å²) in [6.07, 6.45) is -6.46. The smallest absolute Gasteiger partial charge is 0.475 e. The van der Waals surface area contributed by atoms with E-state index in [4.69, 9.17) is 19.8 Å². The van der Waals surface area contributed by atoms with E-state index in [-0.39, 0.29) is 5.91 Å². The van der Waals surface area contributed by atoms with Crippen molar-refractivity contribution in [3.63, 3.8) is 0 Å². The summed E-state index contributed by atoms with van der Waals surface area (Å²) in [6.45, 7) is 7.50. The minimum absolute atomic E-state index is 0.132. The molecule has 192 valence electrons. The van der Waals surface area contributed by atoms with Crippen LogP contribution in [-0.2, 0) is 20.9 Å². The normalized spacial score (nSPS) is 13.7. The molecule has 1 aromatic rings. The molecule has 2 N–H and O–H groups in total. The second-order valence-corrected chi connectivity index (χ2v) is 6.83. The van der Waals surface area contributed by atoms with Crippen molar-refractivity contribution in [2.75, 3.05) is 45.2 Å². The van der Waals surface area contributed by atoms with E-state index in [1.54, 1.807) is 19.0 Å². The summed E-state index contributed by atoms with van der Waals surface area (Å²) in [4.78, 5) is 40.2. The first-order valence-electron chi connectivity index (χ1n) is 9.33. The fraction of sp³-hybridized carbons (Fsp3) is 0.474. The number of carbonyl (C=O) groups excluding carboxylic acids is 1. The largest absolute Gasteiger partial charge is 0.490 e. The zero-order valence-electron chi connectivity index (χ0n) is 18.2. The van der Waals surface area contributed by atoms with E-state index in [1.807, 2.05) is 18.3 Å². The molecule has 0 spiro atoms. The van der Waals surface area contributed by atoms with Crippen LogP contribution in [0.15, 0.2) is 31.0 Å². The molecule has 0 aliphatic carbocycles. The van der Waals surface area contributed by atoms with Crippen LogP contribution in [0.1, 0.15) is 5.56 Å². The van der Waals surface area contributed by atoms with Gasteiger partial charge in [0.25, 0.3) is 0 Å². The number of aliphatic carboxylic acids is 2. The molecule has 2 heterocycles. The summed E-state index contributed by atoms with van der Waals surface area (Å²) in [5.74, 6) is -4.38. The lowest BCUT2D eigenvalue weighted by atomic mass is 10.2. The molecule has 0 atom stereocenters. The van der Waals surface area contributed by atoms with Crippen LogP contribution in [0.25, 0.3) is 0 Å². The highest BCUT2D eigenvalue weighted by molar-refractivity contribution is 5.77. The van der Waals surface area contributed by atoms with Crippen molar-refractivity contribution in [3.05, 3.63) is 36.5 Å². The maximum Gasteiger partial charge on any atom is 0.490 e. The minimum Gasteiger partial charge on any atom is -0.475 e. The van der Waals surface area contributed by atoms with Crippen molar-refractivity contribution in [2.24, 2.45) is 0 Å². The summed E-state index contributed by atoms with van der Waals surface area (Å²) in [5.41, 5.74) is 1.17. The molecule has 1 aliphatic rings. The number of hydrogen-bond donors (Lipinski definition) is 2. The fourth-order valence-corrected chi connectivity index (χ4v) is 2.33. The van der Waals surface area contributed by atoms with E-state index >= 15 is 0 Å². The molecule has 0 saturated carbocycles. The molecule has 0 unspecified atom stereocenters. The van der Waals surface area contributed by atoms with Gasteiger partial charge in [0.15, 0.2) is 0 Å². The predicted octanol–water partition coefficient (Wildman–Crippen LogP) is 2.24. The summed E-state index contributed by atoms with van der Waals surface area (Å²) < 4.78 is 63.5. The number of anilines is 1. The lowest BCUT2D eigenvalue weighted by molar-refractivity contribution is -0.193. The van der Waals surface area contributed by atoms with Gasteiger partial charge < -0.3 is 20.0 Å². The van der Waals surface area contributed by atoms with Gasteiger partial charge in [-0.3, -0.25) is 9.69 Å². The highest BCUT2D eigenvalue weighted by Crippen LogP contribution is 2.22. The van der Waals surface area contributed by atoms with Crippen LogP contribution < -0.4 is 4.90 Å². The summed E-state index contributed by atoms with van der Waals surface area (Å²) in [7, 11) is 3.58. The maximum atomic E-state index is 11.9. The van der Waals surface area contributed by atoms with Crippen LogP contribution in [0, 0.1) is 0 Å². The van der Waals surface area contributed by atoms with E-state index in [2.05, 4.69) is 27.4 Å². The monoisotopic (exact) mass is 502 g/mol. The number of fused-ring (bicyclic) bond motifs is 1. The average molecular weight is 502 g/mol. The number of alkyl halides is 6. The van der Waals surface area contributed by atoms with Gasteiger partial charge in [-0.25, -0.2) is 14.6 Å². The molecule has 0 radical (unpaired) electrons. The van der Waals surface area contributed by atoms with Gasteiger partial charge in [-0.1, -0.05) is 12.1 Å². The Balaban J connectivity index is 0.000000642. The fourth-order valence-electron chi connectivity index (χ4n) is 2.33. The zero-order chi connectivity index (χ0) is 26.7. The van der Waals surface area contributed by atoms with E-state index < -0.39 is 24.3 Å². The lowest BCUT2D eigenvalue weighted by Crippen LogP contribution is -2.38. The van der Waals surface area contributed by atoms with Crippen molar-refractivity contribution in [1.29, 1.82) is 0 Å². The van der Waals surface area contributed by atoms with Gasteiger partial charge in [-0.05, 0) is 6.07 Å². The zero-order valence-corrected chi connectivity index (χ0v) is 18.2. The summed E-state index contributed by atoms with van der Waals surface area (Å²) in [6, 6.07) is 4.03. The van der Waals surface area contributed by atoms with Gasteiger partial charge in [0, 0.05) is 52.0 Å². The molecule has 0 saturated heterocycles. The van der Waals surface area contributed by atoms with Crippen molar-refractivity contribution in [2.45, 2.75) is 18.9 Å². The third-order valence-electron chi connectivity index (χ3n) is 3.94. The third-order valence-corrected chi connectivity index (χ3v) is 3.94. The van der Waals surface area contributed by atoms with E-state index in [0.717, 1.165) is 32.0 Å². The van der Waals surface area contributed by atoms with Crippen molar-refractivity contribution in [3.8, 4) is 0 Å². The van der Waals surface area contributed by atoms with Crippen molar-refractivity contribution in [1.82, 2.24) is 14.8 Å². The number of carboxylic acid groups (broad SMARTS) is 2. The average Bonchev–Trinajstić information content (AvgIpc) is 2.87. The molecule has 0 aromatic carbocycles. The lowest BCUT2D eigenvalue weighted by Gasteiger charge is -2.23. The van der Waals surface area contributed by atoms with E-state index in [9.17, 15) is 31.1 Å². The number of carboxylic acids is 2. The van der Waals surface area contributed by atoms with Gasteiger partial charge in [0.2, 0.25) is 5.91 Å². The van der Waals surface area contributed by atoms with Crippen molar-refractivity contribution < 1.29 is 50.9 Å². The van der Waals surface area contributed by atoms with Gasteiger partial charge in [-0.15, -0.1) is 6.58 Å². The Morgan fingerprint density at radius 3 is 2.00 bits per heavy atom. The number of halogens is 6. The van der Waals surface area contributed by atoms with Gasteiger partial charge in [0.1, 0.15) is 5.82 Å². The molecule has 0 bridgehead atoms. The number of aromatic nitrogens is 1. The first-order valence-corrected chi connectivity index (χ1v) is 9.33. The second kappa shape index (κ2) is 13.4. The Morgan fingerprint density at radius 2 is 1.59 bits per heavy atom. The molecule has 1 amide bonds. The number of nitrogens with zero attached hydrogens (tertiary/aromatic N) is 4. The van der Waals surface area contributed by atoms with Crippen LogP contribution in [0.5, 0.6) is 0 Å². The highest BCUT2D eigenvalue weighted by atomic mass is 19.4. The van der Waals surface area contributed by atoms with Crippen LogP contribution in [0.2, 0.25) is 0 Å². The van der Waals surface area contributed by atoms with Gasteiger partial charge in [0.05, 0.1) is 6.54 Å². The van der Waals surface area contributed by atoms with Crippen molar-refractivity contribution >= 4 is 23.7 Å². The van der Waals surface area contributed by atoms with Gasteiger partial charge >= 0.3 is 24.3 Å². The van der Waals surface area contributed by atoms with E-state index in [1.165, 1.54) is 5.56 Å². The van der Waals surface area contributed by atoms with E-state index in [0.29, 0.717) is 6.54 Å². The summed E-state index contributed by atoms with van der Waals surface area (Å²) in [5, 5.41) is 14.2. The van der Waals surface area contributed by atoms with Crippen LogP contribution >= 0.6 is 0 Å². The maximum absolute atomic E-state index is 11.9. The Bertz CT molecular complexity index is 821. The quantitative estimate of drug-likeness (QED) is 0.476. The molecule has 0 fully saturated rings. The highest BCUT2D eigenvalue weighted by Gasteiger charge is 2.38. The molecule has 1 aliphatic heterocycles. The molecule has 9 nitrogen and oxygen atoms in total. The van der Waals surface area contributed by atoms with Gasteiger partial charge in [-0.2, -0.15) is 26.3 Å². The molecular formula is C19H24F6N4O5. The predicted molar refractivity (Wildman–Crippen MR) is 108 cm³/mol. The number of pyridine rings is 1. The molecule has 1 aromatic heterocycles. The number of likely N-dealkylation sites (N-methyl/N-ethyl adjacent to an activating group) is 1. The Morgan fingerprint density at radius 1 is 1.09 bits per heavy atom. The SMILES string of the molecule is C=CCN1CCN(CC(=O)N(C)C)Cc2cccnc21.O=C(O)C(F)(F)F.O=C(O)C(F)(F)F.